The molecule has 0 aliphatic carbocycles. The minimum Gasteiger partial charge on any atom is -0.330 e. The van der Waals surface area contributed by atoms with Crippen LogP contribution in [0.15, 0.2) is 52.5 Å². The van der Waals surface area contributed by atoms with Gasteiger partial charge in [-0.25, -0.2) is 13.6 Å². The highest BCUT2D eigenvalue weighted by molar-refractivity contribution is 7.89. The summed E-state index contributed by atoms with van der Waals surface area (Å²) in [5, 5.41) is 22.8. The molecule has 0 radical (unpaired) electrons. The van der Waals surface area contributed by atoms with Gasteiger partial charge in [0.1, 0.15) is 4.90 Å². The summed E-state index contributed by atoms with van der Waals surface area (Å²) in [5.41, 5.74) is 3.14. The zero-order valence-electron chi connectivity index (χ0n) is 15.5. The number of primary sulfonamides is 1. The molecule has 0 aromatic heterocycles. The predicted molar refractivity (Wildman–Crippen MR) is 115 cm³/mol. The number of amides is 1. The van der Waals surface area contributed by atoms with E-state index >= 15 is 0 Å². The minimum absolute atomic E-state index is 0.0561. The van der Waals surface area contributed by atoms with E-state index in [9.17, 15) is 23.3 Å². The first kappa shape index (κ1) is 21.3. The SMILES string of the molecule is CCN1C(=O)C(=NNC(=S)Nc2ccccc2S(N)(=O)=O)c2cc([N+](=O)[O-])ccc21. The van der Waals surface area contributed by atoms with Crippen molar-refractivity contribution < 1.29 is 18.1 Å². The highest BCUT2D eigenvalue weighted by Gasteiger charge is 2.34. The molecule has 2 aromatic rings. The molecule has 1 aliphatic heterocycles. The van der Waals surface area contributed by atoms with E-state index in [2.05, 4.69) is 15.8 Å². The summed E-state index contributed by atoms with van der Waals surface area (Å²) in [4.78, 5) is 24.4. The summed E-state index contributed by atoms with van der Waals surface area (Å²) in [6.07, 6.45) is 0. The number of nitro groups is 1. The van der Waals surface area contributed by atoms with E-state index in [0.717, 1.165) is 0 Å². The maximum absolute atomic E-state index is 12.7. The number of nitrogens with zero attached hydrogens (tertiary/aromatic N) is 3. The zero-order chi connectivity index (χ0) is 22.1. The number of hydrogen-bond donors (Lipinski definition) is 3. The van der Waals surface area contributed by atoms with Crippen molar-refractivity contribution in [2.24, 2.45) is 10.2 Å². The Labute approximate surface area is 176 Å². The molecule has 0 fully saturated rings. The Bertz CT molecular complexity index is 1190. The van der Waals surface area contributed by atoms with Gasteiger partial charge in [-0.05, 0) is 37.3 Å². The Kier molecular flexibility index (Phi) is 5.78. The van der Waals surface area contributed by atoms with E-state index in [1.807, 2.05) is 0 Å². The average molecular weight is 448 g/mol. The van der Waals surface area contributed by atoms with Gasteiger partial charge in [0.2, 0.25) is 10.0 Å². The lowest BCUT2D eigenvalue weighted by atomic mass is 10.1. The van der Waals surface area contributed by atoms with Gasteiger partial charge in [-0.1, -0.05) is 12.1 Å². The number of thiocarbonyl (C=S) groups is 1. The van der Waals surface area contributed by atoms with Gasteiger partial charge in [-0.2, -0.15) is 5.10 Å². The van der Waals surface area contributed by atoms with Crippen LogP contribution in [0, 0.1) is 10.1 Å². The minimum atomic E-state index is -3.99. The summed E-state index contributed by atoms with van der Waals surface area (Å²) in [5.74, 6) is -0.451. The second kappa shape index (κ2) is 8.14. The molecule has 1 heterocycles. The molecule has 156 valence electrons. The van der Waals surface area contributed by atoms with Crippen LogP contribution in [0.3, 0.4) is 0 Å². The number of nitrogens with two attached hydrogens (primary N) is 1. The number of carbonyl (C=O) groups is 1. The van der Waals surface area contributed by atoms with Gasteiger partial charge in [-0.3, -0.25) is 20.3 Å². The molecule has 0 saturated carbocycles. The number of carbonyl (C=O) groups excluding carboxylic acids is 1. The summed E-state index contributed by atoms with van der Waals surface area (Å²) in [6.45, 7) is 2.10. The fraction of sp³-hybridized carbons (Fsp3) is 0.118. The van der Waals surface area contributed by atoms with Crippen LogP contribution in [0.1, 0.15) is 12.5 Å². The first-order chi connectivity index (χ1) is 14.1. The molecule has 0 bridgehead atoms. The van der Waals surface area contributed by atoms with Crippen LogP contribution in [-0.4, -0.2) is 36.6 Å². The largest absolute Gasteiger partial charge is 0.330 e. The van der Waals surface area contributed by atoms with Gasteiger partial charge in [0.25, 0.3) is 11.6 Å². The lowest BCUT2D eigenvalue weighted by Gasteiger charge is -2.13. The van der Waals surface area contributed by atoms with Crippen LogP contribution in [0.2, 0.25) is 0 Å². The molecule has 3 rings (SSSR count). The quantitative estimate of drug-likeness (QED) is 0.350. The number of para-hydroxylation sites is 1. The average Bonchev–Trinajstić information content (AvgIpc) is 2.95. The Morgan fingerprint density at radius 3 is 2.63 bits per heavy atom. The zero-order valence-corrected chi connectivity index (χ0v) is 17.2. The van der Waals surface area contributed by atoms with Gasteiger partial charge in [0.15, 0.2) is 10.8 Å². The van der Waals surface area contributed by atoms with Crippen molar-refractivity contribution in [3.63, 3.8) is 0 Å². The van der Waals surface area contributed by atoms with Gasteiger partial charge in [0, 0.05) is 24.2 Å². The molecule has 0 saturated heterocycles. The van der Waals surface area contributed by atoms with Gasteiger partial charge >= 0.3 is 0 Å². The molecule has 30 heavy (non-hydrogen) atoms. The second-order valence-corrected chi connectivity index (χ2v) is 8.01. The van der Waals surface area contributed by atoms with Gasteiger partial charge < -0.3 is 10.2 Å². The summed E-state index contributed by atoms with van der Waals surface area (Å²) >= 11 is 5.12. The van der Waals surface area contributed by atoms with E-state index in [0.29, 0.717) is 12.2 Å². The molecule has 11 nitrogen and oxygen atoms in total. The van der Waals surface area contributed by atoms with E-state index < -0.39 is 20.9 Å². The third kappa shape index (κ3) is 4.12. The fourth-order valence-corrected chi connectivity index (χ4v) is 3.76. The van der Waals surface area contributed by atoms with Crippen LogP contribution in [0.25, 0.3) is 0 Å². The Hall–Kier alpha value is -3.42. The predicted octanol–water partition coefficient (Wildman–Crippen LogP) is 1.30. The van der Waals surface area contributed by atoms with Crippen molar-refractivity contribution in [3.05, 3.63) is 58.1 Å². The first-order valence-electron chi connectivity index (χ1n) is 8.50. The summed E-state index contributed by atoms with van der Waals surface area (Å²) in [6, 6.07) is 9.90. The molecule has 1 amide bonds. The third-order valence-corrected chi connectivity index (χ3v) is 5.37. The number of likely N-dealkylation sites (N-methyl/N-ethyl adjacent to an activating group) is 1. The van der Waals surface area contributed by atoms with Crippen molar-refractivity contribution in [2.75, 3.05) is 16.8 Å². The lowest BCUT2D eigenvalue weighted by Crippen LogP contribution is -2.32. The number of nitro benzene ring substituents is 1. The second-order valence-electron chi connectivity index (χ2n) is 6.08. The Morgan fingerprint density at radius 2 is 2.00 bits per heavy atom. The highest BCUT2D eigenvalue weighted by Crippen LogP contribution is 2.32. The maximum Gasteiger partial charge on any atom is 0.279 e. The molecular formula is C17H16N6O5S2. The molecular weight excluding hydrogens is 432 g/mol. The topological polar surface area (TPSA) is 160 Å². The van der Waals surface area contributed by atoms with Crippen LogP contribution < -0.4 is 20.8 Å². The number of hydrazone groups is 1. The smallest absolute Gasteiger partial charge is 0.279 e. The number of fused-ring (bicyclic) bond motifs is 1. The summed E-state index contributed by atoms with van der Waals surface area (Å²) in [7, 11) is -3.99. The van der Waals surface area contributed by atoms with Gasteiger partial charge in [-0.15, -0.1) is 0 Å². The highest BCUT2D eigenvalue weighted by atomic mass is 32.2. The lowest BCUT2D eigenvalue weighted by molar-refractivity contribution is -0.384. The number of nitrogens with one attached hydrogen (secondary N) is 2. The normalized spacial score (nSPS) is 14.5. The summed E-state index contributed by atoms with van der Waals surface area (Å²) < 4.78 is 23.4. The van der Waals surface area contributed by atoms with Crippen LogP contribution in [0.4, 0.5) is 17.1 Å². The van der Waals surface area contributed by atoms with Crippen molar-refractivity contribution in [2.45, 2.75) is 11.8 Å². The maximum atomic E-state index is 12.7. The molecule has 1 aliphatic rings. The van der Waals surface area contributed by atoms with Crippen molar-refractivity contribution in [3.8, 4) is 0 Å². The van der Waals surface area contributed by atoms with Gasteiger partial charge in [0.05, 0.1) is 16.3 Å². The van der Waals surface area contributed by atoms with Crippen LogP contribution in [0.5, 0.6) is 0 Å². The fourth-order valence-electron chi connectivity index (χ4n) is 2.91. The van der Waals surface area contributed by atoms with E-state index in [1.54, 1.807) is 13.0 Å². The first-order valence-corrected chi connectivity index (χ1v) is 10.5. The number of non-ortho nitro benzene ring substituents is 1. The molecule has 4 N–H and O–H groups in total. The monoisotopic (exact) mass is 448 g/mol. The van der Waals surface area contributed by atoms with Crippen molar-refractivity contribution in [1.29, 1.82) is 0 Å². The number of hydrogen-bond acceptors (Lipinski definition) is 7. The molecule has 0 spiro atoms. The van der Waals surface area contributed by atoms with Crippen LogP contribution in [-0.2, 0) is 14.8 Å². The number of rotatable bonds is 5. The Morgan fingerprint density at radius 1 is 1.30 bits per heavy atom. The van der Waals surface area contributed by atoms with E-state index in [4.69, 9.17) is 17.4 Å². The number of anilines is 2. The van der Waals surface area contributed by atoms with E-state index in [1.165, 1.54) is 41.3 Å². The Balaban J connectivity index is 1.88. The molecule has 0 atom stereocenters. The third-order valence-electron chi connectivity index (χ3n) is 4.21. The van der Waals surface area contributed by atoms with E-state index in [-0.39, 0.29) is 32.7 Å². The molecule has 0 unspecified atom stereocenters. The molecule has 2 aromatic carbocycles. The standard InChI is InChI=1S/C17H16N6O5S2/c1-2-22-13-8-7-10(23(25)26)9-11(13)15(16(22)24)20-21-17(29)19-12-5-3-4-6-14(12)30(18,27)28/h3-9H,2H2,1H3,(H2,18,27,28)(H2,19,21,29). The van der Waals surface area contributed by atoms with Crippen LogP contribution >= 0.6 is 12.2 Å². The van der Waals surface area contributed by atoms with Crippen molar-refractivity contribution >= 4 is 56.0 Å². The number of sulfonamides is 1. The van der Waals surface area contributed by atoms with Crippen molar-refractivity contribution in [1.82, 2.24) is 5.43 Å². The molecule has 13 heteroatoms. The number of benzene rings is 2.